The van der Waals surface area contributed by atoms with Gasteiger partial charge in [-0.15, -0.1) is 0 Å². The molecule has 138 valence electrons. The number of carbonyl (C=O) groups is 1. The fraction of sp³-hybridized carbons (Fsp3) is 0.278. The highest BCUT2D eigenvalue weighted by atomic mass is 32.2. The highest BCUT2D eigenvalue weighted by molar-refractivity contribution is 7.90. The number of halogens is 1. The summed E-state index contributed by atoms with van der Waals surface area (Å²) in [6.07, 6.45) is 1.56. The molecule has 0 saturated heterocycles. The maximum Gasteiger partial charge on any atom is 0.224 e. The standard InChI is InChI=1S/C18H18FNO5S/c1-26(22,23)13-4-5-14(19)15(11-13)20-18(21)7-3-12-2-6-16-17(10-12)25-9-8-24-16/h2,4-6,10-11H,3,7-9H2,1H3,(H,20,21). The van der Waals surface area contributed by atoms with Gasteiger partial charge in [0.2, 0.25) is 5.91 Å². The zero-order valence-corrected chi connectivity index (χ0v) is 14.9. The molecule has 0 aromatic heterocycles. The molecule has 0 spiro atoms. The molecule has 1 heterocycles. The van der Waals surface area contributed by atoms with E-state index >= 15 is 0 Å². The van der Waals surface area contributed by atoms with Crippen molar-refractivity contribution in [3.63, 3.8) is 0 Å². The minimum Gasteiger partial charge on any atom is -0.486 e. The molecular weight excluding hydrogens is 361 g/mol. The first-order valence-electron chi connectivity index (χ1n) is 8.01. The molecule has 0 atom stereocenters. The van der Waals surface area contributed by atoms with Crippen molar-refractivity contribution in [2.75, 3.05) is 24.8 Å². The molecule has 6 nitrogen and oxygen atoms in total. The highest BCUT2D eigenvalue weighted by Gasteiger charge is 2.15. The monoisotopic (exact) mass is 379 g/mol. The van der Waals surface area contributed by atoms with Crippen LogP contribution < -0.4 is 14.8 Å². The number of benzene rings is 2. The van der Waals surface area contributed by atoms with Crippen molar-refractivity contribution < 1.29 is 27.1 Å². The van der Waals surface area contributed by atoms with Crippen LogP contribution in [0.3, 0.4) is 0 Å². The predicted octanol–water partition coefficient (Wildman–Crippen LogP) is 2.57. The van der Waals surface area contributed by atoms with E-state index in [2.05, 4.69) is 5.32 Å². The summed E-state index contributed by atoms with van der Waals surface area (Å²) in [6.45, 7) is 0.986. The summed E-state index contributed by atoms with van der Waals surface area (Å²) in [6, 6.07) is 8.74. The third-order valence-electron chi connectivity index (χ3n) is 3.89. The lowest BCUT2D eigenvalue weighted by atomic mass is 10.1. The Bertz CT molecular complexity index is 943. The van der Waals surface area contributed by atoms with Crippen LogP contribution in [0.5, 0.6) is 11.5 Å². The average Bonchev–Trinajstić information content (AvgIpc) is 2.60. The summed E-state index contributed by atoms with van der Waals surface area (Å²) in [5, 5.41) is 2.42. The van der Waals surface area contributed by atoms with E-state index in [1.807, 2.05) is 12.1 Å². The second-order valence-electron chi connectivity index (χ2n) is 5.94. The van der Waals surface area contributed by atoms with Gasteiger partial charge in [-0.2, -0.15) is 0 Å². The van der Waals surface area contributed by atoms with Gasteiger partial charge in [-0.05, 0) is 42.3 Å². The van der Waals surface area contributed by atoms with Crippen molar-refractivity contribution in [2.45, 2.75) is 17.7 Å². The van der Waals surface area contributed by atoms with Crippen molar-refractivity contribution >= 4 is 21.4 Å². The molecule has 0 saturated carbocycles. The van der Waals surface area contributed by atoms with Gasteiger partial charge in [0.05, 0.1) is 10.6 Å². The number of hydrogen-bond donors (Lipinski definition) is 1. The average molecular weight is 379 g/mol. The Morgan fingerprint density at radius 1 is 1.12 bits per heavy atom. The molecule has 2 aromatic carbocycles. The largest absolute Gasteiger partial charge is 0.486 e. The molecule has 8 heteroatoms. The van der Waals surface area contributed by atoms with E-state index in [0.29, 0.717) is 31.1 Å². The Morgan fingerprint density at radius 2 is 1.85 bits per heavy atom. The van der Waals surface area contributed by atoms with E-state index in [0.717, 1.165) is 30.0 Å². The number of ether oxygens (including phenoxy) is 2. The molecule has 1 aliphatic heterocycles. The number of anilines is 1. The zero-order valence-electron chi connectivity index (χ0n) is 14.1. The van der Waals surface area contributed by atoms with Crippen molar-refractivity contribution in [1.82, 2.24) is 0 Å². The Kier molecular flexibility index (Phi) is 5.13. The van der Waals surface area contributed by atoms with E-state index in [9.17, 15) is 17.6 Å². The number of nitrogens with one attached hydrogen (secondary N) is 1. The van der Waals surface area contributed by atoms with Crippen LogP contribution in [0.15, 0.2) is 41.3 Å². The number of rotatable bonds is 5. The van der Waals surface area contributed by atoms with Crippen molar-refractivity contribution in [3.05, 3.63) is 47.8 Å². The van der Waals surface area contributed by atoms with Gasteiger partial charge in [0.15, 0.2) is 21.3 Å². The van der Waals surface area contributed by atoms with Crippen LogP contribution in [0.25, 0.3) is 0 Å². The molecule has 0 bridgehead atoms. The fourth-order valence-electron chi connectivity index (χ4n) is 2.54. The first-order chi connectivity index (χ1) is 12.3. The third-order valence-corrected chi connectivity index (χ3v) is 5.00. The second kappa shape index (κ2) is 7.33. The summed E-state index contributed by atoms with van der Waals surface area (Å²) >= 11 is 0. The van der Waals surface area contributed by atoms with Gasteiger partial charge in [-0.3, -0.25) is 4.79 Å². The zero-order chi connectivity index (χ0) is 18.7. The topological polar surface area (TPSA) is 81.7 Å². The molecule has 26 heavy (non-hydrogen) atoms. The highest BCUT2D eigenvalue weighted by Crippen LogP contribution is 2.31. The third kappa shape index (κ3) is 4.32. The number of carbonyl (C=O) groups excluding carboxylic acids is 1. The summed E-state index contributed by atoms with van der Waals surface area (Å²) < 4.78 is 47.9. The van der Waals surface area contributed by atoms with Crippen molar-refractivity contribution in [1.29, 1.82) is 0 Å². The van der Waals surface area contributed by atoms with Gasteiger partial charge in [-0.1, -0.05) is 6.07 Å². The van der Waals surface area contributed by atoms with Crippen LogP contribution in [-0.4, -0.2) is 33.8 Å². The summed E-state index contributed by atoms with van der Waals surface area (Å²) in [5.74, 6) is 0.208. The lowest BCUT2D eigenvalue weighted by molar-refractivity contribution is -0.116. The number of sulfone groups is 1. The number of fused-ring (bicyclic) bond motifs is 1. The van der Waals surface area contributed by atoms with E-state index in [1.54, 1.807) is 6.07 Å². The molecule has 1 aliphatic rings. The van der Waals surface area contributed by atoms with Gasteiger partial charge in [-0.25, -0.2) is 12.8 Å². The van der Waals surface area contributed by atoms with Gasteiger partial charge >= 0.3 is 0 Å². The lowest BCUT2D eigenvalue weighted by Gasteiger charge is -2.18. The molecule has 2 aromatic rings. The molecule has 1 N–H and O–H groups in total. The van der Waals surface area contributed by atoms with Crippen molar-refractivity contribution in [3.8, 4) is 11.5 Å². The van der Waals surface area contributed by atoms with Crippen LogP contribution in [-0.2, 0) is 21.1 Å². The number of hydrogen-bond acceptors (Lipinski definition) is 5. The molecule has 0 aliphatic carbocycles. The van der Waals surface area contributed by atoms with Crippen molar-refractivity contribution in [2.24, 2.45) is 0 Å². The quantitative estimate of drug-likeness (QED) is 0.808. The number of amides is 1. The van der Waals surface area contributed by atoms with Gasteiger partial charge in [0, 0.05) is 12.7 Å². The molecular formula is C18H18FNO5S. The van der Waals surface area contributed by atoms with Crippen LogP contribution in [0, 0.1) is 5.82 Å². The minimum atomic E-state index is -3.49. The van der Waals surface area contributed by atoms with Gasteiger partial charge in [0.1, 0.15) is 19.0 Å². The number of aryl methyl sites for hydroxylation is 1. The summed E-state index contributed by atoms with van der Waals surface area (Å²) in [7, 11) is -3.49. The Labute approximate surface area is 150 Å². The van der Waals surface area contributed by atoms with Crippen LogP contribution in [0.1, 0.15) is 12.0 Å². The molecule has 1 amide bonds. The van der Waals surface area contributed by atoms with E-state index in [-0.39, 0.29) is 17.0 Å². The molecule has 0 radical (unpaired) electrons. The van der Waals surface area contributed by atoms with Crippen LogP contribution >= 0.6 is 0 Å². The summed E-state index contributed by atoms with van der Waals surface area (Å²) in [4.78, 5) is 12.0. The van der Waals surface area contributed by atoms with Gasteiger partial charge < -0.3 is 14.8 Å². The lowest BCUT2D eigenvalue weighted by Crippen LogP contribution is -2.16. The Morgan fingerprint density at radius 3 is 2.58 bits per heavy atom. The second-order valence-corrected chi connectivity index (χ2v) is 7.96. The first-order valence-corrected chi connectivity index (χ1v) is 9.90. The maximum absolute atomic E-state index is 13.8. The van der Waals surface area contributed by atoms with Crippen LogP contribution in [0.2, 0.25) is 0 Å². The van der Waals surface area contributed by atoms with E-state index in [4.69, 9.17) is 9.47 Å². The van der Waals surface area contributed by atoms with E-state index in [1.165, 1.54) is 0 Å². The predicted molar refractivity (Wildman–Crippen MR) is 93.9 cm³/mol. The normalized spacial score (nSPS) is 13.3. The first kappa shape index (κ1) is 18.2. The Hall–Kier alpha value is -2.61. The van der Waals surface area contributed by atoms with Crippen LogP contribution in [0.4, 0.5) is 10.1 Å². The smallest absolute Gasteiger partial charge is 0.224 e. The fourth-order valence-corrected chi connectivity index (χ4v) is 3.19. The van der Waals surface area contributed by atoms with E-state index < -0.39 is 21.6 Å². The SMILES string of the molecule is CS(=O)(=O)c1ccc(F)c(NC(=O)CCc2ccc3c(c2)OCCO3)c1. The Balaban J connectivity index is 1.64. The van der Waals surface area contributed by atoms with Gasteiger partial charge in [0.25, 0.3) is 0 Å². The molecule has 0 fully saturated rings. The minimum absolute atomic E-state index is 0.0546. The molecule has 0 unspecified atom stereocenters. The maximum atomic E-state index is 13.8. The summed E-state index contributed by atoms with van der Waals surface area (Å²) in [5.41, 5.74) is 0.731. The molecule has 3 rings (SSSR count).